The second kappa shape index (κ2) is 6.72. The number of anilines is 1. The van der Waals surface area contributed by atoms with Gasteiger partial charge in [0.05, 0.1) is 10.6 Å². The van der Waals surface area contributed by atoms with E-state index in [2.05, 4.69) is 15.4 Å². The summed E-state index contributed by atoms with van der Waals surface area (Å²) >= 11 is 12.3. The summed E-state index contributed by atoms with van der Waals surface area (Å²) in [5.41, 5.74) is 8.25. The predicted octanol–water partition coefficient (Wildman–Crippen LogP) is 4.03. The zero-order valence-electron chi connectivity index (χ0n) is 14.3. The third kappa shape index (κ3) is 3.07. The molecular formula is C19H15Cl2N5O. The van der Waals surface area contributed by atoms with E-state index in [0.29, 0.717) is 38.7 Å². The van der Waals surface area contributed by atoms with Crippen molar-refractivity contribution in [1.29, 1.82) is 0 Å². The Morgan fingerprint density at radius 1 is 1.15 bits per heavy atom. The maximum Gasteiger partial charge on any atom is 0.248 e. The Kier molecular flexibility index (Phi) is 4.37. The fraction of sp³-hybridized carbons (Fsp3) is 0.105. The third-order valence-electron chi connectivity index (χ3n) is 4.42. The van der Waals surface area contributed by atoms with Crippen LogP contribution in [0.15, 0.2) is 59.8 Å². The molecule has 8 heteroatoms. The highest BCUT2D eigenvalue weighted by molar-refractivity contribution is 6.33. The third-order valence-corrected chi connectivity index (χ3v) is 5.00. The highest BCUT2D eigenvalue weighted by Gasteiger charge is 2.33. The maximum atomic E-state index is 12.2. The van der Waals surface area contributed by atoms with Crippen molar-refractivity contribution >= 4 is 35.1 Å². The Labute approximate surface area is 165 Å². The molecule has 0 fully saturated rings. The summed E-state index contributed by atoms with van der Waals surface area (Å²) in [4.78, 5) is 16.7. The van der Waals surface area contributed by atoms with Crippen LogP contribution in [0, 0.1) is 0 Å². The number of nitrogens with zero attached hydrogens (tertiary/aromatic N) is 3. The molecule has 0 spiro atoms. The summed E-state index contributed by atoms with van der Waals surface area (Å²) in [6.45, 7) is 1.79. The lowest BCUT2D eigenvalue weighted by atomic mass is 9.95. The maximum absolute atomic E-state index is 12.2. The minimum atomic E-state index is -0.527. The molecule has 1 atom stereocenters. The molecule has 1 unspecified atom stereocenters. The topological polar surface area (TPSA) is 85.8 Å². The lowest BCUT2D eigenvalue weighted by Crippen LogP contribution is -2.31. The van der Waals surface area contributed by atoms with Crippen molar-refractivity contribution in [1.82, 2.24) is 14.8 Å². The van der Waals surface area contributed by atoms with Crippen LogP contribution in [0.1, 0.15) is 18.5 Å². The van der Waals surface area contributed by atoms with Crippen LogP contribution in [-0.2, 0) is 4.79 Å². The van der Waals surface area contributed by atoms with Crippen molar-refractivity contribution in [2.24, 2.45) is 5.73 Å². The Balaban J connectivity index is 1.90. The minimum Gasteiger partial charge on any atom is -0.366 e. The molecule has 0 radical (unpaired) electrons. The summed E-state index contributed by atoms with van der Waals surface area (Å²) in [5, 5.41) is 8.87. The first-order valence-electron chi connectivity index (χ1n) is 8.20. The van der Waals surface area contributed by atoms with E-state index >= 15 is 0 Å². The molecule has 0 saturated heterocycles. The molecule has 3 aromatic rings. The van der Waals surface area contributed by atoms with Crippen molar-refractivity contribution in [3.63, 3.8) is 0 Å². The summed E-state index contributed by atoms with van der Waals surface area (Å²) in [7, 11) is 0. The van der Waals surface area contributed by atoms with E-state index in [0.717, 1.165) is 5.56 Å². The number of nitrogens with one attached hydrogen (secondary N) is 1. The van der Waals surface area contributed by atoms with Crippen molar-refractivity contribution in [2.75, 3.05) is 5.32 Å². The Morgan fingerprint density at radius 3 is 2.52 bits per heavy atom. The number of fused-ring (bicyclic) bond motifs is 1. The van der Waals surface area contributed by atoms with Crippen molar-refractivity contribution in [3.05, 3.63) is 75.4 Å². The molecule has 6 nitrogen and oxygen atoms in total. The zero-order valence-corrected chi connectivity index (χ0v) is 15.8. The highest BCUT2D eigenvalue weighted by atomic mass is 35.5. The molecule has 2 heterocycles. The number of aromatic nitrogens is 3. The van der Waals surface area contributed by atoms with E-state index in [1.807, 2.05) is 30.3 Å². The Hall–Kier alpha value is -2.83. The lowest BCUT2D eigenvalue weighted by Gasteiger charge is -2.27. The zero-order chi connectivity index (χ0) is 19.1. The van der Waals surface area contributed by atoms with Gasteiger partial charge in [-0.3, -0.25) is 4.79 Å². The van der Waals surface area contributed by atoms with Crippen LogP contribution < -0.4 is 11.1 Å². The van der Waals surface area contributed by atoms with Crippen LogP contribution in [0.3, 0.4) is 0 Å². The molecule has 1 aromatic heterocycles. The van der Waals surface area contributed by atoms with E-state index in [4.69, 9.17) is 28.9 Å². The molecule has 1 aliphatic rings. The minimum absolute atomic E-state index is 0.417. The van der Waals surface area contributed by atoms with Gasteiger partial charge in [-0.05, 0) is 36.8 Å². The van der Waals surface area contributed by atoms with E-state index in [1.54, 1.807) is 29.8 Å². The van der Waals surface area contributed by atoms with Gasteiger partial charge >= 0.3 is 0 Å². The first-order chi connectivity index (χ1) is 13.0. The first kappa shape index (κ1) is 17.6. The van der Waals surface area contributed by atoms with Crippen LogP contribution in [-0.4, -0.2) is 20.7 Å². The van der Waals surface area contributed by atoms with Gasteiger partial charge in [-0.1, -0.05) is 47.5 Å². The van der Waals surface area contributed by atoms with Gasteiger partial charge in [0.1, 0.15) is 6.04 Å². The second-order valence-electron chi connectivity index (χ2n) is 6.17. The average molecular weight is 400 g/mol. The number of nitrogens with two attached hydrogens (primary N) is 1. The fourth-order valence-corrected chi connectivity index (χ4v) is 3.53. The lowest BCUT2D eigenvalue weighted by molar-refractivity contribution is -0.115. The average Bonchev–Trinajstić information content (AvgIpc) is 3.04. The van der Waals surface area contributed by atoms with E-state index in [9.17, 15) is 4.79 Å². The van der Waals surface area contributed by atoms with Crippen molar-refractivity contribution in [2.45, 2.75) is 13.0 Å². The number of amides is 1. The SMILES string of the molecule is CC1=C(C(N)=O)C(c2ccc(Cl)cc2)n2nc(-c3ccccc3Cl)nc2N1. The number of carbonyl (C=O) groups is 1. The number of hydrogen-bond acceptors (Lipinski definition) is 4. The van der Waals surface area contributed by atoms with Crippen molar-refractivity contribution in [3.8, 4) is 11.4 Å². The first-order valence-corrected chi connectivity index (χ1v) is 8.96. The van der Waals surface area contributed by atoms with Crippen LogP contribution in [0.5, 0.6) is 0 Å². The number of allylic oxidation sites excluding steroid dienone is 1. The van der Waals surface area contributed by atoms with Gasteiger partial charge < -0.3 is 11.1 Å². The number of benzene rings is 2. The second-order valence-corrected chi connectivity index (χ2v) is 7.01. The molecular weight excluding hydrogens is 385 g/mol. The molecule has 27 heavy (non-hydrogen) atoms. The monoisotopic (exact) mass is 399 g/mol. The molecule has 0 aliphatic carbocycles. The normalized spacial score (nSPS) is 16.0. The quantitative estimate of drug-likeness (QED) is 0.695. The molecule has 1 aliphatic heterocycles. The standard InChI is InChI=1S/C19H15Cl2N5O/c1-10-15(17(22)27)16(11-6-8-12(20)9-7-11)26-19(23-10)24-18(25-26)13-4-2-3-5-14(13)21/h2-9,16H,1H3,(H2,22,27)(H,23,24,25). The molecule has 4 rings (SSSR count). The van der Waals surface area contributed by atoms with Crippen LogP contribution >= 0.6 is 23.2 Å². The fourth-order valence-electron chi connectivity index (χ4n) is 3.18. The van der Waals surface area contributed by atoms with Crippen molar-refractivity contribution < 1.29 is 4.79 Å². The number of carbonyl (C=O) groups excluding carboxylic acids is 1. The smallest absolute Gasteiger partial charge is 0.248 e. The largest absolute Gasteiger partial charge is 0.366 e. The van der Waals surface area contributed by atoms with Gasteiger partial charge in [-0.15, -0.1) is 5.10 Å². The summed E-state index contributed by atoms with van der Waals surface area (Å²) in [5.74, 6) is 0.438. The van der Waals surface area contributed by atoms with Gasteiger partial charge in [-0.25, -0.2) is 4.68 Å². The van der Waals surface area contributed by atoms with Crippen LogP contribution in [0.2, 0.25) is 10.0 Å². The number of halogens is 2. The Bertz CT molecular complexity index is 1070. The summed E-state index contributed by atoms with van der Waals surface area (Å²) < 4.78 is 1.65. The van der Waals surface area contributed by atoms with Gasteiger partial charge in [-0.2, -0.15) is 4.98 Å². The molecule has 2 aromatic carbocycles. The number of hydrogen-bond donors (Lipinski definition) is 2. The van der Waals surface area contributed by atoms with Gasteiger partial charge in [0.25, 0.3) is 0 Å². The summed E-state index contributed by atoms with van der Waals surface area (Å²) in [6, 6.07) is 14.0. The molecule has 3 N–H and O–H groups in total. The van der Waals surface area contributed by atoms with Gasteiger partial charge in [0.15, 0.2) is 5.82 Å². The molecule has 0 saturated carbocycles. The van der Waals surface area contributed by atoms with Crippen LogP contribution in [0.4, 0.5) is 5.95 Å². The highest BCUT2D eigenvalue weighted by Crippen LogP contribution is 2.37. The van der Waals surface area contributed by atoms with E-state index in [-0.39, 0.29) is 0 Å². The van der Waals surface area contributed by atoms with Crippen LogP contribution in [0.25, 0.3) is 11.4 Å². The Morgan fingerprint density at radius 2 is 1.85 bits per heavy atom. The van der Waals surface area contributed by atoms with E-state index < -0.39 is 11.9 Å². The van der Waals surface area contributed by atoms with E-state index in [1.165, 1.54) is 0 Å². The van der Waals surface area contributed by atoms with Gasteiger partial charge in [0.2, 0.25) is 11.9 Å². The van der Waals surface area contributed by atoms with Gasteiger partial charge in [0, 0.05) is 16.3 Å². The number of primary amides is 1. The number of rotatable bonds is 3. The summed E-state index contributed by atoms with van der Waals surface area (Å²) in [6.07, 6.45) is 0. The molecule has 136 valence electrons. The molecule has 1 amide bonds. The predicted molar refractivity (Wildman–Crippen MR) is 106 cm³/mol. The molecule has 0 bridgehead atoms.